The van der Waals surface area contributed by atoms with Crippen LogP contribution in [0.1, 0.15) is 11.1 Å². The predicted octanol–water partition coefficient (Wildman–Crippen LogP) is 2.57. The SMILES string of the molecule is COc1ccc(O)c(C=NNC(=O)Cc2c[nH]c3ccccc23)c1. The molecule has 2 aromatic carbocycles. The summed E-state index contributed by atoms with van der Waals surface area (Å²) in [6, 6.07) is 12.6. The minimum Gasteiger partial charge on any atom is -0.507 e. The topological polar surface area (TPSA) is 86.7 Å². The molecule has 0 saturated carbocycles. The van der Waals surface area contributed by atoms with E-state index in [-0.39, 0.29) is 18.1 Å². The number of hydrogen-bond acceptors (Lipinski definition) is 4. The summed E-state index contributed by atoms with van der Waals surface area (Å²) in [4.78, 5) is 15.2. The van der Waals surface area contributed by atoms with Gasteiger partial charge in [-0.1, -0.05) is 18.2 Å². The molecule has 3 N–H and O–H groups in total. The van der Waals surface area contributed by atoms with Gasteiger partial charge in [0.05, 0.1) is 19.7 Å². The van der Waals surface area contributed by atoms with Gasteiger partial charge in [0.15, 0.2) is 0 Å². The first-order valence-corrected chi connectivity index (χ1v) is 7.41. The van der Waals surface area contributed by atoms with Crippen molar-refractivity contribution >= 4 is 23.0 Å². The zero-order chi connectivity index (χ0) is 16.9. The van der Waals surface area contributed by atoms with Gasteiger partial charge >= 0.3 is 0 Å². The van der Waals surface area contributed by atoms with Crippen molar-refractivity contribution in [3.63, 3.8) is 0 Å². The first-order chi connectivity index (χ1) is 11.7. The molecular weight excluding hydrogens is 306 g/mol. The summed E-state index contributed by atoms with van der Waals surface area (Å²) in [7, 11) is 1.54. The van der Waals surface area contributed by atoms with E-state index in [0.29, 0.717) is 11.3 Å². The summed E-state index contributed by atoms with van der Waals surface area (Å²) < 4.78 is 5.08. The van der Waals surface area contributed by atoms with E-state index in [0.717, 1.165) is 16.5 Å². The molecule has 0 aliphatic heterocycles. The molecule has 0 aliphatic rings. The number of methoxy groups -OCH3 is 1. The van der Waals surface area contributed by atoms with Crippen LogP contribution in [0.25, 0.3) is 10.9 Å². The fourth-order valence-corrected chi connectivity index (χ4v) is 2.43. The number of nitrogens with one attached hydrogen (secondary N) is 2. The van der Waals surface area contributed by atoms with Crippen molar-refractivity contribution in [3.8, 4) is 11.5 Å². The van der Waals surface area contributed by atoms with Gasteiger partial charge in [0, 0.05) is 22.7 Å². The summed E-state index contributed by atoms with van der Waals surface area (Å²) in [5, 5.41) is 14.7. The van der Waals surface area contributed by atoms with E-state index in [4.69, 9.17) is 4.74 Å². The zero-order valence-electron chi connectivity index (χ0n) is 13.1. The molecule has 6 heteroatoms. The number of H-pyrrole nitrogens is 1. The summed E-state index contributed by atoms with van der Waals surface area (Å²) in [5.74, 6) is 0.420. The van der Waals surface area contributed by atoms with Crippen LogP contribution in [0.4, 0.5) is 0 Å². The number of phenols is 1. The number of fused-ring (bicyclic) bond motifs is 1. The van der Waals surface area contributed by atoms with Gasteiger partial charge in [0.25, 0.3) is 0 Å². The summed E-state index contributed by atoms with van der Waals surface area (Å²) in [6.45, 7) is 0. The van der Waals surface area contributed by atoms with Gasteiger partial charge in [-0.3, -0.25) is 4.79 Å². The van der Waals surface area contributed by atoms with E-state index >= 15 is 0 Å². The maximum absolute atomic E-state index is 12.0. The van der Waals surface area contributed by atoms with Gasteiger partial charge < -0.3 is 14.8 Å². The highest BCUT2D eigenvalue weighted by atomic mass is 16.5. The average Bonchev–Trinajstić information content (AvgIpc) is 3.00. The minimum absolute atomic E-state index is 0.0606. The molecule has 0 radical (unpaired) electrons. The minimum atomic E-state index is -0.238. The lowest BCUT2D eigenvalue weighted by Crippen LogP contribution is -2.19. The van der Waals surface area contributed by atoms with Crippen molar-refractivity contribution in [1.29, 1.82) is 0 Å². The Morgan fingerprint density at radius 2 is 2.17 bits per heavy atom. The molecule has 1 heterocycles. The van der Waals surface area contributed by atoms with Crippen molar-refractivity contribution < 1.29 is 14.6 Å². The van der Waals surface area contributed by atoms with Gasteiger partial charge in [-0.05, 0) is 29.8 Å². The molecule has 1 amide bonds. The molecule has 3 aromatic rings. The van der Waals surface area contributed by atoms with E-state index in [9.17, 15) is 9.90 Å². The Morgan fingerprint density at radius 3 is 3.00 bits per heavy atom. The monoisotopic (exact) mass is 323 g/mol. The van der Waals surface area contributed by atoms with Gasteiger partial charge in [0.2, 0.25) is 5.91 Å². The van der Waals surface area contributed by atoms with E-state index in [1.165, 1.54) is 19.4 Å². The molecule has 0 spiro atoms. The van der Waals surface area contributed by atoms with Crippen molar-refractivity contribution in [2.45, 2.75) is 6.42 Å². The first-order valence-electron chi connectivity index (χ1n) is 7.41. The standard InChI is InChI=1S/C18H17N3O3/c1-24-14-6-7-17(22)13(8-14)11-20-21-18(23)9-12-10-19-16-5-3-2-4-15(12)16/h2-8,10-11,19,22H,9H2,1H3,(H,21,23). The number of hydrazone groups is 1. The Hall–Kier alpha value is -3.28. The van der Waals surface area contributed by atoms with Crippen LogP contribution in [0.15, 0.2) is 53.8 Å². The number of aromatic amines is 1. The molecular formula is C18H17N3O3. The number of hydrogen-bond donors (Lipinski definition) is 3. The number of amides is 1. The van der Waals surface area contributed by atoms with Gasteiger partial charge in [-0.2, -0.15) is 5.10 Å². The fraction of sp³-hybridized carbons (Fsp3) is 0.111. The zero-order valence-corrected chi connectivity index (χ0v) is 13.1. The largest absolute Gasteiger partial charge is 0.507 e. The smallest absolute Gasteiger partial charge is 0.244 e. The highest BCUT2D eigenvalue weighted by Gasteiger charge is 2.08. The van der Waals surface area contributed by atoms with Gasteiger partial charge in [-0.25, -0.2) is 5.43 Å². The highest BCUT2D eigenvalue weighted by molar-refractivity contribution is 5.90. The van der Waals surface area contributed by atoms with Crippen LogP contribution < -0.4 is 10.2 Å². The number of carbonyl (C=O) groups is 1. The lowest BCUT2D eigenvalue weighted by atomic mass is 10.1. The number of aromatic hydroxyl groups is 1. The Labute approximate surface area is 138 Å². The number of nitrogens with zero attached hydrogens (tertiary/aromatic N) is 1. The number of phenolic OH excluding ortho intramolecular Hbond substituents is 1. The van der Waals surface area contributed by atoms with E-state index < -0.39 is 0 Å². The number of carbonyl (C=O) groups excluding carboxylic acids is 1. The van der Waals surface area contributed by atoms with Crippen LogP contribution in [-0.4, -0.2) is 29.3 Å². The molecule has 0 saturated heterocycles. The molecule has 3 rings (SSSR count). The van der Waals surface area contributed by atoms with Crippen LogP contribution in [-0.2, 0) is 11.2 Å². The van der Waals surface area contributed by atoms with Gasteiger partial charge in [0.1, 0.15) is 11.5 Å². The van der Waals surface area contributed by atoms with Crippen LogP contribution in [0.3, 0.4) is 0 Å². The second kappa shape index (κ2) is 6.87. The van der Waals surface area contributed by atoms with E-state index in [1.54, 1.807) is 12.1 Å². The third kappa shape index (κ3) is 3.38. The quantitative estimate of drug-likeness (QED) is 0.498. The Kier molecular flexibility index (Phi) is 4.47. The third-order valence-electron chi connectivity index (χ3n) is 3.65. The molecule has 0 bridgehead atoms. The van der Waals surface area contributed by atoms with Crippen LogP contribution >= 0.6 is 0 Å². The van der Waals surface area contributed by atoms with E-state index in [1.807, 2.05) is 30.5 Å². The number of para-hydroxylation sites is 1. The number of benzene rings is 2. The molecule has 6 nitrogen and oxygen atoms in total. The number of rotatable bonds is 5. The Bertz CT molecular complexity index is 899. The molecule has 0 aliphatic carbocycles. The molecule has 0 fully saturated rings. The fourth-order valence-electron chi connectivity index (χ4n) is 2.43. The maximum Gasteiger partial charge on any atom is 0.244 e. The molecule has 24 heavy (non-hydrogen) atoms. The normalized spacial score (nSPS) is 11.0. The Balaban J connectivity index is 1.65. The predicted molar refractivity (Wildman–Crippen MR) is 92.4 cm³/mol. The Morgan fingerprint density at radius 1 is 1.33 bits per heavy atom. The summed E-state index contributed by atoms with van der Waals surface area (Å²) >= 11 is 0. The second-order valence-corrected chi connectivity index (χ2v) is 5.25. The molecule has 122 valence electrons. The lowest BCUT2D eigenvalue weighted by Gasteiger charge is -2.03. The van der Waals surface area contributed by atoms with Crippen molar-refractivity contribution in [2.24, 2.45) is 5.10 Å². The van der Waals surface area contributed by atoms with Crippen LogP contribution in [0, 0.1) is 0 Å². The maximum atomic E-state index is 12.0. The lowest BCUT2D eigenvalue weighted by molar-refractivity contribution is -0.120. The third-order valence-corrected chi connectivity index (χ3v) is 3.65. The number of aromatic nitrogens is 1. The van der Waals surface area contributed by atoms with Crippen molar-refractivity contribution in [3.05, 3.63) is 59.8 Å². The summed E-state index contributed by atoms with van der Waals surface area (Å²) in [5.41, 5.74) is 4.82. The average molecular weight is 323 g/mol. The second-order valence-electron chi connectivity index (χ2n) is 5.25. The van der Waals surface area contributed by atoms with E-state index in [2.05, 4.69) is 15.5 Å². The van der Waals surface area contributed by atoms with Gasteiger partial charge in [-0.15, -0.1) is 0 Å². The van der Waals surface area contributed by atoms with Crippen molar-refractivity contribution in [2.75, 3.05) is 7.11 Å². The summed E-state index contributed by atoms with van der Waals surface area (Å²) in [6.07, 6.45) is 3.41. The van der Waals surface area contributed by atoms with Crippen LogP contribution in [0.5, 0.6) is 11.5 Å². The van der Waals surface area contributed by atoms with Crippen molar-refractivity contribution in [1.82, 2.24) is 10.4 Å². The molecule has 1 aromatic heterocycles. The first kappa shape index (κ1) is 15.6. The van der Waals surface area contributed by atoms with Crippen LogP contribution in [0.2, 0.25) is 0 Å². The molecule has 0 unspecified atom stereocenters. The number of ether oxygens (including phenoxy) is 1. The highest BCUT2D eigenvalue weighted by Crippen LogP contribution is 2.21. The molecule has 0 atom stereocenters.